The SMILES string of the molecule is CN(c1cnc(-c2cc3occc(=O)c3cc2O)nn1)C1CC2COCC(C1)N2. The molecule has 29 heavy (non-hydrogen) atoms. The van der Waals surface area contributed by atoms with E-state index in [0.717, 1.165) is 26.1 Å². The minimum Gasteiger partial charge on any atom is -0.507 e. The molecule has 9 heteroatoms. The molecule has 0 saturated carbocycles. The molecule has 5 rings (SSSR count). The lowest BCUT2D eigenvalue weighted by atomic mass is 9.92. The van der Waals surface area contributed by atoms with Crippen molar-refractivity contribution in [3.63, 3.8) is 0 Å². The van der Waals surface area contributed by atoms with E-state index in [-0.39, 0.29) is 17.0 Å². The molecule has 2 atom stereocenters. The highest BCUT2D eigenvalue weighted by Gasteiger charge is 2.34. The van der Waals surface area contributed by atoms with E-state index in [1.54, 1.807) is 12.3 Å². The van der Waals surface area contributed by atoms with Crippen LogP contribution in [0.5, 0.6) is 5.75 Å². The smallest absolute Gasteiger partial charge is 0.192 e. The molecule has 2 N–H and O–H groups in total. The van der Waals surface area contributed by atoms with Gasteiger partial charge in [-0.15, -0.1) is 10.2 Å². The molecule has 2 aromatic heterocycles. The number of phenolic OH excluding ortho intramolecular Hbond substituents is 1. The molecule has 0 amide bonds. The third kappa shape index (κ3) is 3.32. The van der Waals surface area contributed by atoms with Gasteiger partial charge in [-0.3, -0.25) is 4.79 Å². The molecule has 2 fully saturated rings. The lowest BCUT2D eigenvalue weighted by molar-refractivity contribution is 0.0183. The van der Waals surface area contributed by atoms with Gasteiger partial charge in [-0.25, -0.2) is 4.98 Å². The molecule has 2 saturated heterocycles. The number of piperidine rings is 1. The van der Waals surface area contributed by atoms with Crippen LogP contribution < -0.4 is 15.6 Å². The second-order valence-corrected chi connectivity index (χ2v) is 7.62. The Morgan fingerprint density at radius 1 is 1.21 bits per heavy atom. The van der Waals surface area contributed by atoms with Crippen molar-refractivity contribution in [2.24, 2.45) is 0 Å². The maximum Gasteiger partial charge on any atom is 0.192 e. The van der Waals surface area contributed by atoms with E-state index in [2.05, 4.69) is 25.4 Å². The van der Waals surface area contributed by atoms with Crippen molar-refractivity contribution in [3.05, 3.63) is 40.9 Å². The van der Waals surface area contributed by atoms with Gasteiger partial charge in [-0.05, 0) is 25.0 Å². The van der Waals surface area contributed by atoms with Crippen molar-refractivity contribution >= 4 is 16.8 Å². The van der Waals surface area contributed by atoms with Gasteiger partial charge in [0.15, 0.2) is 17.1 Å². The normalized spacial score (nSPS) is 23.8. The lowest BCUT2D eigenvalue weighted by Gasteiger charge is -2.43. The van der Waals surface area contributed by atoms with Crippen molar-refractivity contribution in [3.8, 4) is 17.1 Å². The molecule has 4 heterocycles. The fourth-order valence-electron chi connectivity index (χ4n) is 4.16. The number of nitrogens with zero attached hydrogens (tertiary/aromatic N) is 4. The van der Waals surface area contributed by atoms with Crippen LogP contribution in [0, 0.1) is 0 Å². The maximum atomic E-state index is 11.9. The van der Waals surface area contributed by atoms with Gasteiger partial charge in [0.1, 0.15) is 11.3 Å². The van der Waals surface area contributed by atoms with Gasteiger partial charge in [0, 0.05) is 31.2 Å². The topological polar surface area (TPSA) is 114 Å². The monoisotopic (exact) mass is 395 g/mol. The molecular weight excluding hydrogens is 374 g/mol. The number of benzene rings is 1. The first-order valence-corrected chi connectivity index (χ1v) is 9.60. The van der Waals surface area contributed by atoms with Crippen LogP contribution in [-0.4, -0.2) is 58.7 Å². The molecule has 2 bridgehead atoms. The molecule has 0 spiro atoms. The Bertz CT molecular complexity index is 1090. The van der Waals surface area contributed by atoms with Gasteiger partial charge >= 0.3 is 0 Å². The van der Waals surface area contributed by atoms with E-state index in [4.69, 9.17) is 9.15 Å². The molecule has 150 valence electrons. The van der Waals surface area contributed by atoms with E-state index < -0.39 is 0 Å². The summed E-state index contributed by atoms with van der Waals surface area (Å²) in [7, 11) is 2.00. The molecule has 3 aromatic rings. The first kappa shape index (κ1) is 18.0. The molecule has 9 nitrogen and oxygen atoms in total. The van der Waals surface area contributed by atoms with Crippen LogP contribution in [-0.2, 0) is 4.74 Å². The number of fused-ring (bicyclic) bond motifs is 3. The standard InChI is InChI=1S/C20H21N5O4/c1-25(13-4-11-9-28-10-12(5-13)22-11)19-8-21-20(24-23-19)15-7-18-14(6-17(15)27)16(26)2-3-29-18/h2-3,6-8,11-13,22,27H,4-5,9-10H2,1H3. The summed E-state index contributed by atoms with van der Waals surface area (Å²) < 4.78 is 11.0. The highest BCUT2D eigenvalue weighted by atomic mass is 16.5. The third-order valence-corrected chi connectivity index (χ3v) is 5.70. The number of phenols is 1. The highest BCUT2D eigenvalue weighted by Crippen LogP contribution is 2.31. The summed E-state index contributed by atoms with van der Waals surface area (Å²) in [5.74, 6) is 0.847. The van der Waals surface area contributed by atoms with Gasteiger partial charge in [0.25, 0.3) is 0 Å². The van der Waals surface area contributed by atoms with Gasteiger partial charge in [-0.2, -0.15) is 0 Å². The summed E-state index contributed by atoms with van der Waals surface area (Å²) in [6, 6.07) is 5.29. The summed E-state index contributed by atoms with van der Waals surface area (Å²) in [5.41, 5.74) is 0.502. The number of rotatable bonds is 3. The number of anilines is 1. The van der Waals surface area contributed by atoms with Crippen LogP contribution in [0.1, 0.15) is 12.8 Å². The van der Waals surface area contributed by atoms with Crippen molar-refractivity contribution < 1.29 is 14.3 Å². The number of morpholine rings is 1. The summed E-state index contributed by atoms with van der Waals surface area (Å²) in [6.45, 7) is 1.47. The zero-order valence-electron chi connectivity index (χ0n) is 15.9. The van der Waals surface area contributed by atoms with Crippen LogP contribution in [0.15, 0.2) is 39.9 Å². The molecule has 2 aliphatic heterocycles. The van der Waals surface area contributed by atoms with Crippen molar-refractivity contribution in [2.45, 2.75) is 31.0 Å². The molecular formula is C20H21N5O4. The fourth-order valence-corrected chi connectivity index (χ4v) is 4.16. The number of aromatic nitrogens is 3. The molecule has 0 aliphatic carbocycles. The summed E-state index contributed by atoms with van der Waals surface area (Å²) in [5, 5.41) is 22.8. The van der Waals surface area contributed by atoms with E-state index in [0.29, 0.717) is 40.5 Å². The predicted molar refractivity (Wildman–Crippen MR) is 106 cm³/mol. The Balaban J connectivity index is 1.41. The van der Waals surface area contributed by atoms with Crippen molar-refractivity contribution in [1.29, 1.82) is 0 Å². The first-order chi connectivity index (χ1) is 14.1. The minimum atomic E-state index is -0.221. The van der Waals surface area contributed by atoms with Crippen molar-refractivity contribution in [1.82, 2.24) is 20.5 Å². The molecule has 2 aliphatic rings. The van der Waals surface area contributed by atoms with Crippen LogP contribution in [0.2, 0.25) is 0 Å². The predicted octanol–water partition coefficient (Wildman–Crippen LogP) is 1.31. The summed E-state index contributed by atoms with van der Waals surface area (Å²) in [4.78, 5) is 18.4. The third-order valence-electron chi connectivity index (χ3n) is 5.70. The van der Waals surface area contributed by atoms with Crippen LogP contribution in [0.3, 0.4) is 0 Å². The second-order valence-electron chi connectivity index (χ2n) is 7.62. The van der Waals surface area contributed by atoms with Crippen LogP contribution >= 0.6 is 0 Å². The van der Waals surface area contributed by atoms with E-state index in [1.165, 1.54) is 18.4 Å². The van der Waals surface area contributed by atoms with Crippen LogP contribution in [0.25, 0.3) is 22.4 Å². The average Bonchev–Trinajstić information content (AvgIpc) is 2.73. The Labute approximate surface area is 166 Å². The largest absolute Gasteiger partial charge is 0.507 e. The Hall–Kier alpha value is -3.04. The maximum absolute atomic E-state index is 11.9. The Morgan fingerprint density at radius 2 is 2.00 bits per heavy atom. The van der Waals surface area contributed by atoms with Gasteiger partial charge < -0.3 is 24.5 Å². The first-order valence-electron chi connectivity index (χ1n) is 9.60. The Kier molecular flexibility index (Phi) is 4.40. The van der Waals surface area contributed by atoms with Crippen LogP contribution in [0.4, 0.5) is 5.82 Å². The number of hydrogen-bond acceptors (Lipinski definition) is 9. The average molecular weight is 395 g/mol. The zero-order chi connectivity index (χ0) is 20.0. The quantitative estimate of drug-likeness (QED) is 0.677. The highest BCUT2D eigenvalue weighted by molar-refractivity contribution is 5.84. The number of aromatic hydroxyl groups is 1. The van der Waals surface area contributed by atoms with Gasteiger partial charge in [0.05, 0.1) is 36.6 Å². The molecule has 1 aromatic carbocycles. The zero-order valence-corrected chi connectivity index (χ0v) is 15.9. The van der Waals surface area contributed by atoms with E-state index in [1.807, 2.05) is 7.05 Å². The minimum absolute atomic E-state index is 0.0925. The number of nitrogens with one attached hydrogen (secondary N) is 1. The molecule has 2 unspecified atom stereocenters. The number of ether oxygens (including phenoxy) is 1. The van der Waals surface area contributed by atoms with Crippen molar-refractivity contribution in [2.75, 3.05) is 25.2 Å². The Morgan fingerprint density at radius 3 is 2.72 bits per heavy atom. The van der Waals surface area contributed by atoms with E-state index >= 15 is 0 Å². The summed E-state index contributed by atoms with van der Waals surface area (Å²) in [6.07, 6.45) is 4.92. The lowest BCUT2D eigenvalue weighted by Crippen LogP contribution is -2.58. The summed E-state index contributed by atoms with van der Waals surface area (Å²) >= 11 is 0. The second kappa shape index (κ2) is 7.09. The fraction of sp³-hybridized carbons (Fsp3) is 0.400. The molecule has 0 radical (unpaired) electrons. The van der Waals surface area contributed by atoms with Gasteiger partial charge in [-0.1, -0.05) is 0 Å². The van der Waals surface area contributed by atoms with E-state index in [9.17, 15) is 9.90 Å². The number of hydrogen-bond donors (Lipinski definition) is 2. The van der Waals surface area contributed by atoms with Gasteiger partial charge in [0.2, 0.25) is 0 Å².